The molecule has 5 rings (SSSR count). The number of imidazole rings is 1. The van der Waals surface area contributed by atoms with Gasteiger partial charge in [0.1, 0.15) is 23.0 Å². The molecule has 0 spiro atoms. The summed E-state index contributed by atoms with van der Waals surface area (Å²) in [5.74, 6) is 0.267. The highest BCUT2D eigenvalue weighted by Crippen LogP contribution is 2.33. The summed E-state index contributed by atoms with van der Waals surface area (Å²) in [6.45, 7) is 0.646. The van der Waals surface area contributed by atoms with Crippen molar-refractivity contribution in [2.24, 2.45) is 7.05 Å². The molecule has 142 valence electrons. The summed E-state index contributed by atoms with van der Waals surface area (Å²) in [5.41, 5.74) is 3.45. The highest BCUT2D eigenvalue weighted by Gasteiger charge is 2.33. The van der Waals surface area contributed by atoms with Gasteiger partial charge in [-0.25, -0.2) is 9.37 Å². The molecule has 3 aromatic heterocycles. The number of aromatic amines is 2. The maximum atomic E-state index is 13.5. The Bertz CT molecular complexity index is 1170. The third-order valence-electron chi connectivity index (χ3n) is 5.31. The van der Waals surface area contributed by atoms with E-state index in [4.69, 9.17) is 0 Å². The van der Waals surface area contributed by atoms with Gasteiger partial charge >= 0.3 is 0 Å². The van der Waals surface area contributed by atoms with Crippen LogP contribution in [-0.2, 0) is 7.05 Å². The molecule has 7 nitrogen and oxygen atoms in total. The number of benzene rings is 1. The average Bonchev–Trinajstić information content (AvgIpc) is 3.45. The monoisotopic (exact) mass is 378 g/mol. The molecule has 2 N–H and O–H groups in total. The zero-order chi connectivity index (χ0) is 19.3. The van der Waals surface area contributed by atoms with Gasteiger partial charge in [0.25, 0.3) is 5.91 Å². The molecule has 0 radical (unpaired) electrons. The molecule has 0 unspecified atom stereocenters. The van der Waals surface area contributed by atoms with Crippen molar-refractivity contribution in [3.8, 4) is 11.4 Å². The zero-order valence-electron chi connectivity index (χ0n) is 15.3. The number of nitrogens with zero attached hydrogens (tertiary/aromatic N) is 4. The number of halogens is 1. The van der Waals surface area contributed by atoms with E-state index < -0.39 is 0 Å². The van der Waals surface area contributed by atoms with Crippen molar-refractivity contribution in [3.63, 3.8) is 0 Å². The van der Waals surface area contributed by atoms with Crippen LogP contribution in [0.2, 0.25) is 0 Å². The number of amides is 1. The molecule has 28 heavy (non-hydrogen) atoms. The fourth-order valence-corrected chi connectivity index (χ4v) is 3.90. The molecule has 4 heterocycles. The first kappa shape index (κ1) is 16.7. The standard InChI is InChI=1S/C20H19FN6O/c1-26-8-2-4-17(26)15-11-16(25-24-15)20(28)27-9-3-5-18(27)19-22-13-7-6-12(21)10-14(13)23-19/h2,4,6-8,10-11,18H,3,5,9H2,1H3,(H,22,23)(H,24,25)/t18-/m0/s1. The smallest absolute Gasteiger partial charge is 0.272 e. The molecule has 1 atom stereocenters. The second-order valence-corrected chi connectivity index (χ2v) is 7.11. The maximum Gasteiger partial charge on any atom is 0.272 e. The lowest BCUT2D eigenvalue weighted by Gasteiger charge is -2.22. The number of hydrogen-bond acceptors (Lipinski definition) is 3. The van der Waals surface area contributed by atoms with Gasteiger partial charge in [-0.2, -0.15) is 5.10 Å². The number of fused-ring (bicyclic) bond motifs is 1. The lowest BCUT2D eigenvalue weighted by molar-refractivity contribution is 0.0724. The Morgan fingerprint density at radius 2 is 2.18 bits per heavy atom. The number of H-pyrrole nitrogens is 2. The third kappa shape index (κ3) is 2.69. The highest BCUT2D eigenvalue weighted by molar-refractivity contribution is 5.93. The van der Waals surface area contributed by atoms with E-state index in [0.29, 0.717) is 29.1 Å². The van der Waals surface area contributed by atoms with E-state index in [1.165, 1.54) is 12.1 Å². The van der Waals surface area contributed by atoms with Crippen molar-refractivity contribution >= 4 is 16.9 Å². The van der Waals surface area contributed by atoms with Gasteiger partial charge in [0.2, 0.25) is 0 Å². The molecule has 1 amide bonds. The van der Waals surface area contributed by atoms with Crippen LogP contribution in [0, 0.1) is 5.82 Å². The topological polar surface area (TPSA) is 82.6 Å². The van der Waals surface area contributed by atoms with Crippen LogP contribution in [0.3, 0.4) is 0 Å². The van der Waals surface area contributed by atoms with Crippen molar-refractivity contribution < 1.29 is 9.18 Å². The van der Waals surface area contributed by atoms with E-state index in [9.17, 15) is 9.18 Å². The van der Waals surface area contributed by atoms with Crippen LogP contribution in [0.4, 0.5) is 4.39 Å². The molecule has 1 aliphatic heterocycles. The van der Waals surface area contributed by atoms with E-state index >= 15 is 0 Å². The number of likely N-dealkylation sites (tertiary alicyclic amines) is 1. The van der Waals surface area contributed by atoms with Gasteiger partial charge in [-0.1, -0.05) is 0 Å². The summed E-state index contributed by atoms with van der Waals surface area (Å²) in [6.07, 6.45) is 3.64. The Morgan fingerprint density at radius 1 is 1.29 bits per heavy atom. The third-order valence-corrected chi connectivity index (χ3v) is 5.31. The first-order valence-electron chi connectivity index (χ1n) is 9.23. The van der Waals surface area contributed by atoms with Crippen molar-refractivity contribution in [2.45, 2.75) is 18.9 Å². The van der Waals surface area contributed by atoms with E-state index in [0.717, 1.165) is 24.2 Å². The van der Waals surface area contributed by atoms with Gasteiger partial charge in [-0.05, 0) is 49.2 Å². The quantitative estimate of drug-likeness (QED) is 0.573. The summed E-state index contributed by atoms with van der Waals surface area (Å²) in [7, 11) is 1.94. The fraction of sp³-hybridized carbons (Fsp3) is 0.250. The number of rotatable bonds is 3. The van der Waals surface area contributed by atoms with Crippen LogP contribution in [0.25, 0.3) is 22.4 Å². The molecule has 0 saturated carbocycles. The van der Waals surface area contributed by atoms with Crippen molar-refractivity contribution in [2.75, 3.05) is 6.54 Å². The van der Waals surface area contributed by atoms with E-state index in [2.05, 4.69) is 20.2 Å². The summed E-state index contributed by atoms with van der Waals surface area (Å²) in [4.78, 5) is 22.7. The summed E-state index contributed by atoms with van der Waals surface area (Å²) < 4.78 is 15.4. The van der Waals surface area contributed by atoms with Gasteiger partial charge < -0.3 is 14.5 Å². The number of carbonyl (C=O) groups is 1. The number of nitrogens with one attached hydrogen (secondary N) is 2. The van der Waals surface area contributed by atoms with E-state index in [-0.39, 0.29) is 17.8 Å². The molecule has 1 aromatic carbocycles. The van der Waals surface area contributed by atoms with Crippen LogP contribution in [-0.4, -0.2) is 42.1 Å². The largest absolute Gasteiger partial charge is 0.349 e. The Morgan fingerprint density at radius 3 is 3.00 bits per heavy atom. The first-order chi connectivity index (χ1) is 13.6. The van der Waals surface area contributed by atoms with Gasteiger partial charge in [0.15, 0.2) is 0 Å². The summed E-state index contributed by atoms with van der Waals surface area (Å²) in [5, 5.41) is 7.17. The molecule has 1 saturated heterocycles. The second-order valence-electron chi connectivity index (χ2n) is 7.11. The minimum atomic E-state index is -0.312. The molecule has 4 aromatic rings. The Balaban J connectivity index is 1.44. The Labute approximate surface area is 160 Å². The first-order valence-corrected chi connectivity index (χ1v) is 9.23. The van der Waals surface area contributed by atoms with Crippen LogP contribution >= 0.6 is 0 Å². The predicted octanol–water partition coefficient (Wildman–Crippen LogP) is 3.41. The van der Waals surface area contributed by atoms with Crippen LogP contribution in [0.15, 0.2) is 42.6 Å². The van der Waals surface area contributed by atoms with E-state index in [1.807, 2.05) is 29.9 Å². The summed E-state index contributed by atoms with van der Waals surface area (Å²) in [6, 6.07) is 9.97. The number of aromatic nitrogens is 5. The van der Waals surface area contributed by atoms with Crippen LogP contribution < -0.4 is 0 Å². The molecule has 0 aliphatic carbocycles. The molecular weight excluding hydrogens is 359 g/mol. The number of carbonyl (C=O) groups excluding carboxylic acids is 1. The molecular formula is C20H19FN6O. The van der Waals surface area contributed by atoms with Gasteiger partial charge in [-0.15, -0.1) is 0 Å². The predicted molar refractivity (Wildman–Crippen MR) is 102 cm³/mol. The van der Waals surface area contributed by atoms with Crippen molar-refractivity contribution in [3.05, 3.63) is 59.9 Å². The Kier molecular flexibility index (Phi) is 3.78. The lowest BCUT2D eigenvalue weighted by Crippen LogP contribution is -2.31. The normalized spacial score (nSPS) is 16.9. The van der Waals surface area contributed by atoms with Crippen molar-refractivity contribution in [1.82, 2.24) is 29.6 Å². The Hall–Kier alpha value is -3.42. The maximum absolute atomic E-state index is 13.5. The van der Waals surface area contributed by atoms with Gasteiger partial charge in [0.05, 0.1) is 22.8 Å². The van der Waals surface area contributed by atoms with Gasteiger partial charge in [0, 0.05) is 19.8 Å². The molecule has 1 aliphatic rings. The minimum Gasteiger partial charge on any atom is -0.349 e. The lowest BCUT2D eigenvalue weighted by atomic mass is 10.2. The molecule has 8 heteroatoms. The van der Waals surface area contributed by atoms with Crippen LogP contribution in [0.5, 0.6) is 0 Å². The van der Waals surface area contributed by atoms with Gasteiger partial charge in [-0.3, -0.25) is 9.89 Å². The average molecular weight is 378 g/mol. The zero-order valence-corrected chi connectivity index (χ0v) is 15.3. The number of aryl methyl sites for hydroxylation is 1. The SMILES string of the molecule is Cn1cccc1-c1cc(C(=O)N2CCC[C@H]2c2nc3ccc(F)cc3[nH]2)[nH]n1. The fourth-order valence-electron chi connectivity index (χ4n) is 3.90. The molecule has 0 bridgehead atoms. The van der Waals surface area contributed by atoms with Crippen LogP contribution in [0.1, 0.15) is 35.2 Å². The number of hydrogen-bond donors (Lipinski definition) is 2. The highest BCUT2D eigenvalue weighted by atomic mass is 19.1. The minimum absolute atomic E-state index is 0.109. The van der Waals surface area contributed by atoms with E-state index in [1.54, 1.807) is 17.0 Å². The summed E-state index contributed by atoms with van der Waals surface area (Å²) >= 11 is 0. The van der Waals surface area contributed by atoms with Crippen molar-refractivity contribution in [1.29, 1.82) is 0 Å². The molecule has 1 fully saturated rings. The second kappa shape index (κ2) is 6.33.